The van der Waals surface area contributed by atoms with Crippen LogP contribution in [0.25, 0.3) is 0 Å². The van der Waals surface area contributed by atoms with Crippen LogP contribution in [0.2, 0.25) is 0 Å². The summed E-state index contributed by atoms with van der Waals surface area (Å²) in [7, 11) is 0. The van der Waals surface area contributed by atoms with Crippen LogP contribution in [-0.2, 0) is 11.3 Å². The van der Waals surface area contributed by atoms with Crippen molar-refractivity contribution >= 4 is 15.9 Å². The van der Waals surface area contributed by atoms with E-state index in [1.165, 1.54) is 0 Å². The maximum atomic E-state index is 5.46. The monoisotopic (exact) mass is 228 g/mol. The normalized spacial score (nSPS) is 16.1. The lowest BCUT2D eigenvalue weighted by atomic mass is 10.2. The Bertz CT molecular complexity index is 286. The molecule has 0 aromatic heterocycles. The van der Waals surface area contributed by atoms with Crippen LogP contribution in [0, 0.1) is 0 Å². The van der Waals surface area contributed by atoms with Crippen molar-refractivity contribution in [3.05, 3.63) is 28.2 Å². The van der Waals surface area contributed by atoms with Gasteiger partial charge in [0, 0.05) is 10.0 Å². The van der Waals surface area contributed by atoms with Crippen molar-refractivity contribution in [3.63, 3.8) is 0 Å². The number of hydrogen-bond donors (Lipinski definition) is 0. The highest BCUT2D eigenvalue weighted by Gasteiger charge is 2.08. The SMILES string of the molecule is Brc1ccc2c(c1)COCCO2. The van der Waals surface area contributed by atoms with Crippen molar-refractivity contribution < 1.29 is 9.47 Å². The third kappa shape index (κ3) is 1.62. The Balaban J connectivity index is 2.36. The Morgan fingerprint density at radius 1 is 1.25 bits per heavy atom. The van der Waals surface area contributed by atoms with Gasteiger partial charge in [0.05, 0.1) is 13.2 Å². The second-order valence-corrected chi connectivity index (χ2v) is 3.57. The second-order valence-electron chi connectivity index (χ2n) is 2.65. The van der Waals surface area contributed by atoms with Crippen LogP contribution in [0.5, 0.6) is 5.75 Å². The average molecular weight is 229 g/mol. The van der Waals surface area contributed by atoms with E-state index in [1.807, 2.05) is 18.2 Å². The van der Waals surface area contributed by atoms with Crippen molar-refractivity contribution in [3.8, 4) is 5.75 Å². The predicted molar refractivity (Wildman–Crippen MR) is 49.3 cm³/mol. The summed E-state index contributed by atoms with van der Waals surface area (Å²) in [6.45, 7) is 1.97. The van der Waals surface area contributed by atoms with Crippen LogP contribution in [-0.4, -0.2) is 13.2 Å². The van der Waals surface area contributed by atoms with Crippen LogP contribution in [0.15, 0.2) is 22.7 Å². The molecule has 12 heavy (non-hydrogen) atoms. The Labute approximate surface area is 79.6 Å². The van der Waals surface area contributed by atoms with Gasteiger partial charge in [0.25, 0.3) is 0 Å². The smallest absolute Gasteiger partial charge is 0.125 e. The van der Waals surface area contributed by atoms with E-state index in [9.17, 15) is 0 Å². The van der Waals surface area contributed by atoms with Crippen molar-refractivity contribution in [2.75, 3.05) is 13.2 Å². The van der Waals surface area contributed by atoms with E-state index in [1.54, 1.807) is 0 Å². The van der Waals surface area contributed by atoms with Gasteiger partial charge in [0.2, 0.25) is 0 Å². The molecule has 0 amide bonds. The summed E-state index contributed by atoms with van der Waals surface area (Å²) >= 11 is 3.40. The average Bonchev–Trinajstić information content (AvgIpc) is 2.28. The van der Waals surface area contributed by atoms with Gasteiger partial charge in [-0.1, -0.05) is 15.9 Å². The molecule has 1 heterocycles. The molecule has 1 aliphatic heterocycles. The first-order valence-electron chi connectivity index (χ1n) is 3.85. The predicted octanol–water partition coefficient (Wildman–Crippen LogP) is 2.36. The largest absolute Gasteiger partial charge is 0.491 e. The molecule has 0 unspecified atom stereocenters. The van der Waals surface area contributed by atoms with E-state index in [-0.39, 0.29) is 0 Å². The van der Waals surface area contributed by atoms with E-state index < -0.39 is 0 Å². The number of rotatable bonds is 0. The molecule has 0 N–H and O–H groups in total. The lowest BCUT2D eigenvalue weighted by Gasteiger charge is -2.04. The molecule has 0 aliphatic carbocycles. The number of hydrogen-bond acceptors (Lipinski definition) is 2. The molecular weight excluding hydrogens is 220 g/mol. The Hall–Kier alpha value is -0.540. The van der Waals surface area contributed by atoms with Gasteiger partial charge in [-0.05, 0) is 18.2 Å². The zero-order chi connectivity index (χ0) is 8.39. The summed E-state index contributed by atoms with van der Waals surface area (Å²) in [5.41, 5.74) is 1.11. The Morgan fingerprint density at radius 3 is 3.08 bits per heavy atom. The number of fused-ring (bicyclic) bond motifs is 1. The summed E-state index contributed by atoms with van der Waals surface area (Å²) < 4.78 is 11.9. The van der Waals surface area contributed by atoms with Gasteiger partial charge in [0.1, 0.15) is 12.4 Å². The lowest BCUT2D eigenvalue weighted by molar-refractivity contribution is 0.107. The Morgan fingerprint density at radius 2 is 2.17 bits per heavy atom. The fourth-order valence-electron chi connectivity index (χ4n) is 1.19. The van der Waals surface area contributed by atoms with Crippen LogP contribution in [0.4, 0.5) is 0 Å². The molecule has 0 atom stereocenters. The molecule has 0 saturated carbocycles. The highest BCUT2D eigenvalue weighted by molar-refractivity contribution is 9.10. The molecule has 0 radical (unpaired) electrons. The van der Waals surface area contributed by atoms with Crippen molar-refractivity contribution in [2.24, 2.45) is 0 Å². The topological polar surface area (TPSA) is 18.5 Å². The molecule has 3 heteroatoms. The molecule has 64 valence electrons. The molecule has 1 aliphatic rings. The third-order valence-electron chi connectivity index (χ3n) is 1.77. The van der Waals surface area contributed by atoms with Crippen molar-refractivity contribution in [1.82, 2.24) is 0 Å². The van der Waals surface area contributed by atoms with E-state index in [0.29, 0.717) is 19.8 Å². The maximum Gasteiger partial charge on any atom is 0.125 e. The van der Waals surface area contributed by atoms with Gasteiger partial charge in [0.15, 0.2) is 0 Å². The van der Waals surface area contributed by atoms with Crippen molar-refractivity contribution in [2.45, 2.75) is 6.61 Å². The van der Waals surface area contributed by atoms with E-state index >= 15 is 0 Å². The molecule has 2 nitrogen and oxygen atoms in total. The van der Waals surface area contributed by atoms with Crippen molar-refractivity contribution in [1.29, 1.82) is 0 Å². The van der Waals surface area contributed by atoms with E-state index in [4.69, 9.17) is 9.47 Å². The molecule has 1 aromatic carbocycles. The Kier molecular flexibility index (Phi) is 2.33. The zero-order valence-corrected chi connectivity index (χ0v) is 8.13. The van der Waals surface area contributed by atoms with Gasteiger partial charge in [-0.15, -0.1) is 0 Å². The first kappa shape index (κ1) is 8.08. The summed E-state index contributed by atoms with van der Waals surface area (Å²) in [6, 6.07) is 5.97. The second kappa shape index (κ2) is 3.46. The van der Waals surface area contributed by atoms with Crippen LogP contribution < -0.4 is 4.74 Å². The molecule has 1 aromatic rings. The first-order chi connectivity index (χ1) is 5.86. The minimum atomic E-state index is 0.647. The summed E-state index contributed by atoms with van der Waals surface area (Å²) in [4.78, 5) is 0. The fourth-order valence-corrected chi connectivity index (χ4v) is 1.60. The van der Waals surface area contributed by atoms with E-state index in [2.05, 4.69) is 15.9 Å². The molecule has 0 bridgehead atoms. The van der Waals surface area contributed by atoms with Gasteiger partial charge in [-0.25, -0.2) is 0 Å². The molecule has 2 rings (SSSR count). The number of ether oxygens (including phenoxy) is 2. The summed E-state index contributed by atoms with van der Waals surface area (Å²) in [5.74, 6) is 0.940. The first-order valence-corrected chi connectivity index (χ1v) is 4.64. The lowest BCUT2D eigenvalue weighted by Crippen LogP contribution is -2.00. The zero-order valence-electron chi connectivity index (χ0n) is 6.55. The molecule has 0 spiro atoms. The standard InChI is InChI=1S/C9H9BrO2/c10-8-1-2-9-7(5-8)6-11-3-4-12-9/h1-2,5H,3-4,6H2. The van der Waals surface area contributed by atoms with Crippen LogP contribution in [0.1, 0.15) is 5.56 Å². The molecule has 0 fully saturated rings. The number of benzene rings is 1. The van der Waals surface area contributed by atoms with E-state index in [0.717, 1.165) is 15.8 Å². The van der Waals surface area contributed by atoms with Gasteiger partial charge < -0.3 is 9.47 Å². The minimum absolute atomic E-state index is 0.647. The molecule has 0 saturated heterocycles. The highest BCUT2D eigenvalue weighted by atomic mass is 79.9. The quantitative estimate of drug-likeness (QED) is 0.679. The summed E-state index contributed by atoms with van der Waals surface area (Å²) in [6.07, 6.45) is 0. The fraction of sp³-hybridized carbons (Fsp3) is 0.333. The van der Waals surface area contributed by atoms with Gasteiger partial charge >= 0.3 is 0 Å². The summed E-state index contributed by atoms with van der Waals surface area (Å²) in [5, 5.41) is 0. The maximum absolute atomic E-state index is 5.46. The van der Waals surface area contributed by atoms with Crippen LogP contribution >= 0.6 is 15.9 Å². The third-order valence-corrected chi connectivity index (χ3v) is 2.26. The molecular formula is C9H9BrO2. The van der Waals surface area contributed by atoms with Crippen LogP contribution in [0.3, 0.4) is 0 Å². The minimum Gasteiger partial charge on any atom is -0.491 e. The van der Waals surface area contributed by atoms with Gasteiger partial charge in [-0.2, -0.15) is 0 Å². The highest BCUT2D eigenvalue weighted by Crippen LogP contribution is 2.25. The number of halogens is 1. The van der Waals surface area contributed by atoms with Gasteiger partial charge in [-0.3, -0.25) is 0 Å².